The van der Waals surface area contributed by atoms with Crippen LogP contribution >= 0.6 is 0 Å². The fourth-order valence-corrected chi connectivity index (χ4v) is 7.20. The van der Waals surface area contributed by atoms with Crippen LogP contribution in [0.1, 0.15) is 22.9 Å². The molecule has 0 spiro atoms. The predicted molar refractivity (Wildman–Crippen MR) is 218 cm³/mol. The molecule has 1 heterocycles. The summed E-state index contributed by atoms with van der Waals surface area (Å²) in [6.07, 6.45) is -0.483. The van der Waals surface area contributed by atoms with E-state index in [0.29, 0.717) is 6.54 Å². The molecule has 4 heteroatoms. The van der Waals surface area contributed by atoms with Gasteiger partial charge in [0.05, 0.1) is 6.54 Å². The molecule has 1 unspecified atom stereocenters. The first-order valence-corrected chi connectivity index (χ1v) is 17.6. The number of rotatable bonds is 8. The largest absolute Gasteiger partial charge is 0.455 e. The van der Waals surface area contributed by atoms with Gasteiger partial charge in [-0.25, -0.2) is 0 Å². The molecule has 9 rings (SSSR count). The summed E-state index contributed by atoms with van der Waals surface area (Å²) in [6.45, 7) is 4.57. The van der Waals surface area contributed by atoms with Gasteiger partial charge < -0.3 is 9.73 Å². The quantitative estimate of drug-likeness (QED) is 0.129. The number of fused-ring (bicyclic) bond motifs is 5. The molecule has 0 saturated carbocycles. The molecular weight excluding hydrogens is 635 g/mol. The smallest absolute Gasteiger partial charge is 0.145 e. The van der Waals surface area contributed by atoms with E-state index < -0.39 is 6.17 Å². The predicted octanol–water partition coefficient (Wildman–Crippen LogP) is 12.2. The number of para-hydroxylation sites is 1. The Hall–Kier alpha value is -6.78. The van der Waals surface area contributed by atoms with Crippen LogP contribution in [-0.4, -0.2) is 12.6 Å². The molecule has 0 aliphatic heterocycles. The number of benzene rings is 8. The van der Waals surface area contributed by atoms with Crippen molar-refractivity contribution in [1.82, 2.24) is 5.32 Å². The van der Waals surface area contributed by atoms with Crippen molar-refractivity contribution in [3.63, 3.8) is 0 Å². The highest BCUT2D eigenvalue weighted by Gasteiger charge is 2.21. The van der Waals surface area contributed by atoms with E-state index in [9.17, 15) is 0 Å². The maximum Gasteiger partial charge on any atom is 0.145 e. The number of aliphatic imine (C=N–C) groups is 2. The van der Waals surface area contributed by atoms with E-state index in [2.05, 4.69) is 163 Å². The van der Waals surface area contributed by atoms with Crippen LogP contribution in [0.3, 0.4) is 0 Å². The van der Waals surface area contributed by atoms with Gasteiger partial charge in [-0.15, -0.1) is 0 Å². The van der Waals surface area contributed by atoms with E-state index in [4.69, 9.17) is 9.41 Å². The summed E-state index contributed by atoms with van der Waals surface area (Å²) >= 11 is 0. The number of hydrogen-bond donors (Lipinski definition) is 1. The van der Waals surface area contributed by atoms with Crippen molar-refractivity contribution in [3.05, 3.63) is 193 Å². The Morgan fingerprint density at radius 3 is 1.94 bits per heavy atom. The van der Waals surface area contributed by atoms with Crippen molar-refractivity contribution in [1.29, 1.82) is 0 Å². The molecular formula is C48H35N3O. The number of amidine groups is 1. The molecule has 0 bridgehead atoms. The highest BCUT2D eigenvalue weighted by molar-refractivity contribution is 6.12. The molecule has 4 nitrogen and oxygen atoms in total. The molecule has 1 atom stereocenters. The van der Waals surface area contributed by atoms with Gasteiger partial charge in [-0.2, -0.15) is 0 Å². The second kappa shape index (κ2) is 13.5. The van der Waals surface area contributed by atoms with Crippen LogP contribution in [0, 0.1) is 0 Å². The zero-order valence-electron chi connectivity index (χ0n) is 28.5. The highest BCUT2D eigenvalue weighted by Crippen LogP contribution is 2.40. The third kappa shape index (κ3) is 5.91. The fraction of sp³-hybridized carbons (Fsp3) is 0.0417. The van der Waals surface area contributed by atoms with Crippen LogP contribution in [0.2, 0.25) is 0 Å². The maximum atomic E-state index is 6.64. The average Bonchev–Trinajstić information content (AvgIpc) is 3.61. The van der Waals surface area contributed by atoms with Gasteiger partial charge in [0, 0.05) is 27.5 Å². The Morgan fingerprint density at radius 2 is 1.21 bits per heavy atom. The van der Waals surface area contributed by atoms with Gasteiger partial charge in [-0.05, 0) is 68.7 Å². The first-order chi connectivity index (χ1) is 25.7. The number of hydrogen-bond acceptors (Lipinski definition) is 3. The van der Waals surface area contributed by atoms with Crippen molar-refractivity contribution in [2.45, 2.75) is 12.7 Å². The lowest BCUT2D eigenvalue weighted by atomic mass is 9.98. The third-order valence-electron chi connectivity index (χ3n) is 9.87. The molecule has 0 saturated heterocycles. The number of furan rings is 1. The lowest BCUT2D eigenvalue weighted by Gasteiger charge is -2.19. The molecule has 248 valence electrons. The minimum atomic E-state index is -0.483. The van der Waals surface area contributed by atoms with E-state index in [-0.39, 0.29) is 0 Å². The second-order valence-electron chi connectivity index (χ2n) is 13.1. The second-order valence-corrected chi connectivity index (χ2v) is 13.1. The van der Waals surface area contributed by atoms with Crippen molar-refractivity contribution >= 4 is 56.0 Å². The lowest BCUT2D eigenvalue weighted by molar-refractivity contribution is 0.665. The van der Waals surface area contributed by atoms with Crippen LogP contribution < -0.4 is 5.32 Å². The Balaban J connectivity index is 1.10. The van der Waals surface area contributed by atoms with Crippen LogP contribution in [0.4, 0.5) is 0 Å². The molecule has 0 aliphatic rings. The molecule has 0 aliphatic carbocycles. The third-order valence-corrected chi connectivity index (χ3v) is 9.87. The Labute approximate surface area is 302 Å². The van der Waals surface area contributed by atoms with E-state index in [1.165, 1.54) is 27.1 Å². The van der Waals surface area contributed by atoms with Gasteiger partial charge in [0.25, 0.3) is 0 Å². The van der Waals surface area contributed by atoms with Crippen LogP contribution in [-0.2, 0) is 6.54 Å². The van der Waals surface area contributed by atoms with E-state index in [1.54, 1.807) is 0 Å². The Kier molecular flexibility index (Phi) is 8.11. The molecule has 9 aromatic rings. The summed E-state index contributed by atoms with van der Waals surface area (Å²) < 4.78 is 6.64. The molecule has 1 N–H and O–H groups in total. The highest BCUT2D eigenvalue weighted by atomic mass is 16.3. The SMILES string of the molecule is C=NC(N/C(=N\Cc1ccccc1)c1ccc(-c2ccc3ccccc3c2)cc1)c1cccc2oc3c(-c4ccc5ccccc5c4)cccc3c12. The monoisotopic (exact) mass is 669 g/mol. The summed E-state index contributed by atoms with van der Waals surface area (Å²) in [4.78, 5) is 9.76. The summed E-state index contributed by atoms with van der Waals surface area (Å²) in [5.74, 6) is 0.743. The van der Waals surface area contributed by atoms with Crippen LogP contribution in [0.15, 0.2) is 190 Å². The zero-order chi connectivity index (χ0) is 34.9. The van der Waals surface area contributed by atoms with Gasteiger partial charge in [-0.3, -0.25) is 9.98 Å². The minimum absolute atomic E-state index is 0.483. The van der Waals surface area contributed by atoms with Crippen molar-refractivity contribution in [3.8, 4) is 22.3 Å². The van der Waals surface area contributed by atoms with Gasteiger partial charge in [0.15, 0.2) is 0 Å². The first-order valence-electron chi connectivity index (χ1n) is 17.6. The van der Waals surface area contributed by atoms with Gasteiger partial charge in [0.2, 0.25) is 0 Å². The van der Waals surface area contributed by atoms with Gasteiger partial charge in [0.1, 0.15) is 23.2 Å². The normalized spacial score (nSPS) is 12.4. The molecule has 0 radical (unpaired) electrons. The fourth-order valence-electron chi connectivity index (χ4n) is 7.20. The lowest BCUT2D eigenvalue weighted by Crippen LogP contribution is -2.28. The topological polar surface area (TPSA) is 49.9 Å². The molecule has 8 aromatic carbocycles. The van der Waals surface area contributed by atoms with Crippen LogP contribution in [0.5, 0.6) is 0 Å². The molecule has 52 heavy (non-hydrogen) atoms. The van der Waals surface area contributed by atoms with Crippen LogP contribution in [0.25, 0.3) is 65.7 Å². The van der Waals surface area contributed by atoms with E-state index in [1.807, 2.05) is 30.3 Å². The summed E-state index contributed by atoms with van der Waals surface area (Å²) in [6, 6.07) is 61.5. The standard InChI is InChI=1S/C48H35N3O/c1-49-48(43-19-10-20-44-45(43)42-18-9-17-41(46(42)52-44)40-28-24-34-14-6-8-16-38(34)30-40)51-47(50-31-32-11-3-2-4-12-32)36-25-21-35(22-26-36)39-27-23-33-13-5-7-15-37(33)29-39/h2-30,48H,1,31H2,(H,50,51). The maximum absolute atomic E-state index is 6.64. The first kappa shape index (κ1) is 31.2. The minimum Gasteiger partial charge on any atom is -0.455 e. The summed E-state index contributed by atoms with van der Waals surface area (Å²) in [5, 5.41) is 10.6. The number of nitrogens with zero attached hydrogens (tertiary/aromatic N) is 2. The van der Waals surface area contributed by atoms with Gasteiger partial charge >= 0.3 is 0 Å². The van der Waals surface area contributed by atoms with Crippen molar-refractivity contribution < 1.29 is 4.42 Å². The molecule has 1 aromatic heterocycles. The molecule has 0 fully saturated rings. The zero-order valence-corrected chi connectivity index (χ0v) is 28.5. The number of nitrogens with one attached hydrogen (secondary N) is 1. The summed E-state index contributed by atoms with van der Waals surface area (Å²) in [7, 11) is 0. The van der Waals surface area contributed by atoms with E-state index >= 15 is 0 Å². The Bertz CT molecular complexity index is 2760. The van der Waals surface area contributed by atoms with Crippen molar-refractivity contribution in [2.75, 3.05) is 0 Å². The molecule has 0 amide bonds. The van der Waals surface area contributed by atoms with Crippen molar-refractivity contribution in [2.24, 2.45) is 9.98 Å². The van der Waals surface area contributed by atoms with Gasteiger partial charge in [-0.1, -0.05) is 158 Å². The average molecular weight is 670 g/mol. The Morgan fingerprint density at radius 1 is 0.577 bits per heavy atom. The summed E-state index contributed by atoms with van der Waals surface area (Å²) in [5.41, 5.74) is 9.22. The van der Waals surface area contributed by atoms with E-state index in [0.717, 1.165) is 61.2 Å².